The number of benzene rings is 1. The fraction of sp³-hybridized carbons (Fsp3) is 0.611. The smallest absolute Gasteiger partial charge is 0.231 e. The van der Waals surface area contributed by atoms with Crippen LogP contribution in [0.1, 0.15) is 26.7 Å². The highest BCUT2D eigenvalue weighted by Crippen LogP contribution is 2.34. The van der Waals surface area contributed by atoms with Crippen molar-refractivity contribution < 1.29 is 14.2 Å². The first kappa shape index (κ1) is 16.7. The third-order valence-corrected chi connectivity index (χ3v) is 4.38. The predicted molar refractivity (Wildman–Crippen MR) is 94.0 cm³/mol. The SMILES string of the molecule is CCNC(=NCCOc1ccc2c(c1)OCO2)N1CCC(C)CC1. The van der Waals surface area contributed by atoms with E-state index in [-0.39, 0.29) is 6.79 Å². The predicted octanol–water partition coefficient (Wildman–Crippen LogP) is 2.49. The van der Waals surface area contributed by atoms with Crippen molar-refractivity contribution in [3.63, 3.8) is 0 Å². The van der Waals surface area contributed by atoms with E-state index in [2.05, 4.69) is 24.1 Å². The number of hydrogen-bond donors (Lipinski definition) is 1. The third-order valence-electron chi connectivity index (χ3n) is 4.38. The Kier molecular flexibility index (Phi) is 5.67. The first-order chi connectivity index (χ1) is 11.8. The molecule has 24 heavy (non-hydrogen) atoms. The molecule has 1 saturated heterocycles. The van der Waals surface area contributed by atoms with E-state index in [0.717, 1.165) is 48.8 Å². The highest BCUT2D eigenvalue weighted by Gasteiger charge is 2.18. The molecule has 0 unspecified atom stereocenters. The summed E-state index contributed by atoms with van der Waals surface area (Å²) in [5.74, 6) is 4.12. The molecule has 0 spiro atoms. The Morgan fingerprint density at radius 3 is 2.88 bits per heavy atom. The lowest BCUT2D eigenvalue weighted by Gasteiger charge is -2.33. The molecule has 0 bridgehead atoms. The quantitative estimate of drug-likeness (QED) is 0.510. The summed E-state index contributed by atoms with van der Waals surface area (Å²) < 4.78 is 16.4. The van der Waals surface area contributed by atoms with Crippen LogP contribution in [0.4, 0.5) is 0 Å². The number of aliphatic imine (C=N–C) groups is 1. The van der Waals surface area contributed by atoms with Gasteiger partial charge in [0.25, 0.3) is 0 Å². The van der Waals surface area contributed by atoms with Crippen LogP contribution < -0.4 is 19.5 Å². The maximum Gasteiger partial charge on any atom is 0.231 e. The molecule has 0 aromatic heterocycles. The molecule has 6 nitrogen and oxygen atoms in total. The van der Waals surface area contributed by atoms with Crippen LogP contribution >= 0.6 is 0 Å². The van der Waals surface area contributed by atoms with Crippen LogP contribution in [0.25, 0.3) is 0 Å². The average molecular weight is 333 g/mol. The number of ether oxygens (including phenoxy) is 3. The van der Waals surface area contributed by atoms with Crippen molar-refractivity contribution in [1.29, 1.82) is 0 Å². The lowest BCUT2D eigenvalue weighted by Crippen LogP contribution is -2.45. The molecule has 2 heterocycles. The summed E-state index contributed by atoms with van der Waals surface area (Å²) in [5.41, 5.74) is 0. The van der Waals surface area contributed by atoms with Crippen LogP contribution in [0.5, 0.6) is 17.2 Å². The second kappa shape index (κ2) is 8.13. The van der Waals surface area contributed by atoms with Crippen molar-refractivity contribution >= 4 is 5.96 Å². The van der Waals surface area contributed by atoms with Crippen molar-refractivity contribution in [2.45, 2.75) is 26.7 Å². The van der Waals surface area contributed by atoms with Gasteiger partial charge in [-0.25, -0.2) is 4.99 Å². The summed E-state index contributed by atoms with van der Waals surface area (Å²) in [6.45, 7) is 8.91. The fourth-order valence-corrected chi connectivity index (χ4v) is 2.93. The van der Waals surface area contributed by atoms with E-state index in [1.807, 2.05) is 18.2 Å². The zero-order valence-corrected chi connectivity index (χ0v) is 14.6. The van der Waals surface area contributed by atoms with Crippen LogP contribution in [0.2, 0.25) is 0 Å². The minimum absolute atomic E-state index is 0.281. The van der Waals surface area contributed by atoms with E-state index in [4.69, 9.17) is 19.2 Å². The normalized spacial score (nSPS) is 17.9. The van der Waals surface area contributed by atoms with E-state index in [1.165, 1.54) is 12.8 Å². The largest absolute Gasteiger partial charge is 0.492 e. The van der Waals surface area contributed by atoms with Crippen molar-refractivity contribution in [2.75, 3.05) is 39.6 Å². The van der Waals surface area contributed by atoms with E-state index in [9.17, 15) is 0 Å². The molecular formula is C18H27N3O3. The van der Waals surface area contributed by atoms with Crippen LogP contribution in [-0.2, 0) is 0 Å². The second-order valence-electron chi connectivity index (χ2n) is 6.27. The van der Waals surface area contributed by atoms with Crippen molar-refractivity contribution in [1.82, 2.24) is 10.2 Å². The topological polar surface area (TPSA) is 55.3 Å². The molecule has 2 aliphatic heterocycles. The van der Waals surface area contributed by atoms with Gasteiger partial charge in [0.15, 0.2) is 17.5 Å². The Balaban J connectivity index is 1.49. The molecule has 0 saturated carbocycles. The highest BCUT2D eigenvalue weighted by molar-refractivity contribution is 5.80. The zero-order valence-electron chi connectivity index (χ0n) is 14.6. The standard InChI is InChI=1S/C18H27N3O3/c1-3-19-18(21-9-6-14(2)7-10-21)20-8-11-22-15-4-5-16-17(12-15)24-13-23-16/h4-5,12,14H,3,6-11,13H2,1-2H3,(H,19,20). The number of guanidine groups is 1. The molecule has 6 heteroatoms. The van der Waals surface area contributed by atoms with Crippen molar-refractivity contribution in [3.05, 3.63) is 18.2 Å². The van der Waals surface area contributed by atoms with Crippen molar-refractivity contribution in [3.8, 4) is 17.2 Å². The number of hydrogen-bond acceptors (Lipinski definition) is 4. The van der Waals surface area contributed by atoms with Gasteiger partial charge in [0.05, 0.1) is 6.54 Å². The molecule has 1 fully saturated rings. The third kappa shape index (κ3) is 4.24. The Morgan fingerprint density at radius 2 is 2.08 bits per heavy atom. The molecule has 0 amide bonds. The minimum Gasteiger partial charge on any atom is -0.492 e. The van der Waals surface area contributed by atoms with E-state index < -0.39 is 0 Å². The molecule has 3 rings (SSSR count). The molecule has 2 aliphatic rings. The molecule has 1 aromatic carbocycles. The molecule has 0 radical (unpaired) electrons. The molecule has 132 valence electrons. The van der Waals surface area contributed by atoms with Gasteiger partial charge >= 0.3 is 0 Å². The molecule has 0 aliphatic carbocycles. The monoisotopic (exact) mass is 333 g/mol. The van der Waals surface area contributed by atoms with Crippen molar-refractivity contribution in [2.24, 2.45) is 10.9 Å². The van der Waals surface area contributed by atoms with Crippen LogP contribution in [0.15, 0.2) is 23.2 Å². The zero-order chi connectivity index (χ0) is 16.8. The van der Waals surface area contributed by atoms with Crippen LogP contribution in [-0.4, -0.2) is 50.4 Å². The van der Waals surface area contributed by atoms with Gasteiger partial charge < -0.3 is 24.4 Å². The number of fused-ring (bicyclic) bond motifs is 1. The number of nitrogens with one attached hydrogen (secondary N) is 1. The average Bonchev–Trinajstić information content (AvgIpc) is 3.06. The summed E-state index contributed by atoms with van der Waals surface area (Å²) >= 11 is 0. The van der Waals surface area contributed by atoms with Gasteiger partial charge in [0.1, 0.15) is 12.4 Å². The van der Waals surface area contributed by atoms with Gasteiger partial charge in [-0.2, -0.15) is 0 Å². The van der Waals surface area contributed by atoms with Gasteiger partial charge in [0, 0.05) is 25.7 Å². The lowest BCUT2D eigenvalue weighted by atomic mass is 10.00. The van der Waals surface area contributed by atoms with Gasteiger partial charge in [-0.3, -0.25) is 0 Å². The second-order valence-corrected chi connectivity index (χ2v) is 6.27. The first-order valence-corrected chi connectivity index (χ1v) is 8.82. The number of rotatable bonds is 5. The fourth-order valence-electron chi connectivity index (χ4n) is 2.93. The van der Waals surface area contributed by atoms with E-state index >= 15 is 0 Å². The number of piperidine rings is 1. The Morgan fingerprint density at radius 1 is 1.29 bits per heavy atom. The van der Waals surface area contributed by atoms with Crippen LogP contribution in [0, 0.1) is 5.92 Å². The molecular weight excluding hydrogens is 306 g/mol. The Hall–Kier alpha value is -2.11. The summed E-state index contributed by atoms with van der Waals surface area (Å²) in [4.78, 5) is 7.05. The minimum atomic E-state index is 0.281. The summed E-state index contributed by atoms with van der Waals surface area (Å²) in [6.07, 6.45) is 2.47. The van der Waals surface area contributed by atoms with E-state index in [0.29, 0.717) is 13.2 Å². The van der Waals surface area contributed by atoms with Gasteiger partial charge in [0.2, 0.25) is 6.79 Å². The number of likely N-dealkylation sites (tertiary alicyclic amines) is 1. The van der Waals surface area contributed by atoms with Gasteiger partial charge in [-0.1, -0.05) is 6.92 Å². The Labute approximate surface area is 143 Å². The maximum absolute atomic E-state index is 5.78. The number of nitrogens with zero attached hydrogens (tertiary/aromatic N) is 2. The molecule has 0 atom stereocenters. The van der Waals surface area contributed by atoms with Gasteiger partial charge in [-0.05, 0) is 37.8 Å². The molecule has 1 aromatic rings. The van der Waals surface area contributed by atoms with Crippen LogP contribution in [0.3, 0.4) is 0 Å². The lowest BCUT2D eigenvalue weighted by molar-refractivity contribution is 0.173. The summed E-state index contributed by atoms with van der Waals surface area (Å²) in [5, 5.41) is 3.38. The highest BCUT2D eigenvalue weighted by atomic mass is 16.7. The summed E-state index contributed by atoms with van der Waals surface area (Å²) in [6, 6.07) is 5.64. The Bertz CT molecular complexity index is 569. The first-order valence-electron chi connectivity index (χ1n) is 8.82. The van der Waals surface area contributed by atoms with Gasteiger partial charge in [-0.15, -0.1) is 0 Å². The maximum atomic E-state index is 5.78. The summed E-state index contributed by atoms with van der Waals surface area (Å²) in [7, 11) is 0. The molecule has 1 N–H and O–H groups in total. The van der Waals surface area contributed by atoms with E-state index in [1.54, 1.807) is 0 Å².